The van der Waals surface area contributed by atoms with Crippen molar-refractivity contribution in [2.24, 2.45) is 0 Å². The Kier molecular flexibility index (Phi) is 3.16. The summed E-state index contributed by atoms with van der Waals surface area (Å²) in [5.41, 5.74) is 0. The molecular formula is C13H14FN3O2. The van der Waals surface area contributed by atoms with Crippen LogP contribution in [-0.2, 0) is 17.9 Å². The van der Waals surface area contributed by atoms with Gasteiger partial charge in [0.2, 0.25) is 0 Å². The summed E-state index contributed by atoms with van der Waals surface area (Å²) in [6, 6.07) is 6.33. The number of nitrogens with zero attached hydrogens (tertiary/aromatic N) is 3. The van der Waals surface area contributed by atoms with Crippen molar-refractivity contribution in [1.82, 2.24) is 14.8 Å². The van der Waals surface area contributed by atoms with Gasteiger partial charge in [-0.05, 0) is 19.1 Å². The molecule has 1 aliphatic rings. The van der Waals surface area contributed by atoms with E-state index in [-0.39, 0.29) is 17.7 Å². The topological polar surface area (TPSA) is 49.2 Å². The zero-order chi connectivity index (χ0) is 13.2. The Morgan fingerprint density at radius 2 is 2.21 bits per heavy atom. The van der Waals surface area contributed by atoms with Crippen molar-refractivity contribution in [2.45, 2.75) is 26.2 Å². The summed E-state index contributed by atoms with van der Waals surface area (Å²) in [6.45, 7) is 3.62. The molecule has 0 spiro atoms. The molecule has 1 aromatic heterocycles. The largest absolute Gasteiger partial charge is 0.480 e. The lowest BCUT2D eigenvalue weighted by Gasteiger charge is -2.19. The number of aromatic nitrogens is 3. The van der Waals surface area contributed by atoms with Crippen LogP contribution in [0.2, 0.25) is 0 Å². The fraction of sp³-hybridized carbons (Fsp3) is 0.385. The van der Waals surface area contributed by atoms with Crippen molar-refractivity contribution in [1.29, 1.82) is 0 Å². The minimum Gasteiger partial charge on any atom is -0.480 e. The number of hydrogen-bond donors (Lipinski definition) is 0. The lowest BCUT2D eigenvalue weighted by molar-refractivity contribution is 0.0777. The normalized spacial score (nSPS) is 15.9. The van der Waals surface area contributed by atoms with Crippen molar-refractivity contribution in [3.8, 4) is 5.75 Å². The Morgan fingerprint density at radius 1 is 1.37 bits per heavy atom. The van der Waals surface area contributed by atoms with Gasteiger partial charge in [-0.3, -0.25) is 0 Å². The maximum absolute atomic E-state index is 13.5. The van der Waals surface area contributed by atoms with E-state index in [2.05, 4.69) is 10.2 Å². The first kappa shape index (κ1) is 12.1. The Bertz CT molecular complexity index is 585. The van der Waals surface area contributed by atoms with Gasteiger partial charge in [-0.2, -0.15) is 0 Å². The van der Waals surface area contributed by atoms with Crippen LogP contribution in [0.4, 0.5) is 4.39 Å². The molecule has 1 atom stereocenters. The first-order chi connectivity index (χ1) is 9.25. The zero-order valence-corrected chi connectivity index (χ0v) is 10.5. The molecule has 0 saturated carbocycles. The second-order valence-electron chi connectivity index (χ2n) is 4.37. The predicted octanol–water partition coefficient (Wildman–Crippen LogP) is 2.09. The number of rotatable bonds is 3. The highest BCUT2D eigenvalue weighted by Gasteiger charge is 2.22. The summed E-state index contributed by atoms with van der Waals surface area (Å²) >= 11 is 0. The lowest BCUT2D eigenvalue weighted by atomic mass is 10.3. The van der Waals surface area contributed by atoms with Crippen LogP contribution in [0, 0.1) is 5.82 Å². The van der Waals surface area contributed by atoms with Crippen molar-refractivity contribution in [2.75, 3.05) is 6.61 Å². The van der Waals surface area contributed by atoms with Gasteiger partial charge in [0.25, 0.3) is 0 Å². The third-order valence-electron chi connectivity index (χ3n) is 3.05. The predicted molar refractivity (Wildman–Crippen MR) is 65.1 cm³/mol. The quantitative estimate of drug-likeness (QED) is 0.850. The molecule has 19 heavy (non-hydrogen) atoms. The van der Waals surface area contributed by atoms with Gasteiger partial charge in [0.1, 0.15) is 6.61 Å². The first-order valence-corrected chi connectivity index (χ1v) is 6.16. The van der Waals surface area contributed by atoms with Gasteiger partial charge in [-0.25, -0.2) is 4.39 Å². The van der Waals surface area contributed by atoms with Gasteiger partial charge >= 0.3 is 0 Å². The van der Waals surface area contributed by atoms with Gasteiger partial charge < -0.3 is 14.0 Å². The van der Waals surface area contributed by atoms with Gasteiger partial charge in [0.15, 0.2) is 29.3 Å². The number of halogens is 1. The van der Waals surface area contributed by atoms with Crippen molar-refractivity contribution >= 4 is 0 Å². The van der Waals surface area contributed by atoms with Gasteiger partial charge in [-0.1, -0.05) is 12.1 Å². The molecule has 0 aliphatic carbocycles. The molecule has 1 aliphatic heterocycles. The molecule has 3 rings (SSSR count). The van der Waals surface area contributed by atoms with Crippen LogP contribution < -0.4 is 4.74 Å². The van der Waals surface area contributed by atoms with Crippen molar-refractivity contribution in [3.05, 3.63) is 41.7 Å². The number of fused-ring (bicyclic) bond motifs is 1. The van der Waals surface area contributed by atoms with E-state index in [9.17, 15) is 4.39 Å². The van der Waals surface area contributed by atoms with Gasteiger partial charge in [0.05, 0.1) is 6.61 Å². The van der Waals surface area contributed by atoms with E-state index in [0.29, 0.717) is 25.6 Å². The van der Waals surface area contributed by atoms with Crippen LogP contribution in [0.3, 0.4) is 0 Å². The zero-order valence-electron chi connectivity index (χ0n) is 10.5. The highest BCUT2D eigenvalue weighted by molar-refractivity contribution is 5.24. The van der Waals surface area contributed by atoms with Crippen molar-refractivity contribution in [3.63, 3.8) is 0 Å². The van der Waals surface area contributed by atoms with E-state index >= 15 is 0 Å². The molecule has 0 bridgehead atoms. The molecule has 0 radical (unpaired) electrons. The average Bonchev–Trinajstić information content (AvgIpc) is 2.85. The Labute approximate surface area is 110 Å². The summed E-state index contributed by atoms with van der Waals surface area (Å²) in [4.78, 5) is 0. The fourth-order valence-electron chi connectivity index (χ4n) is 2.10. The van der Waals surface area contributed by atoms with Crippen LogP contribution in [-0.4, -0.2) is 21.4 Å². The fourth-order valence-corrected chi connectivity index (χ4v) is 2.10. The smallest absolute Gasteiger partial charge is 0.174 e. The lowest BCUT2D eigenvalue weighted by Crippen LogP contribution is -2.21. The number of benzene rings is 1. The van der Waals surface area contributed by atoms with Gasteiger partial charge in [-0.15, -0.1) is 10.2 Å². The Hall–Kier alpha value is -1.95. The Morgan fingerprint density at radius 3 is 3.05 bits per heavy atom. The minimum absolute atomic E-state index is 0.222. The van der Waals surface area contributed by atoms with Crippen molar-refractivity contribution < 1.29 is 13.9 Å². The highest BCUT2D eigenvalue weighted by Crippen LogP contribution is 2.24. The maximum atomic E-state index is 13.5. The van der Waals surface area contributed by atoms with E-state index in [0.717, 1.165) is 5.82 Å². The molecule has 100 valence electrons. The second kappa shape index (κ2) is 4.97. The van der Waals surface area contributed by atoms with Gasteiger partial charge in [0, 0.05) is 6.54 Å². The van der Waals surface area contributed by atoms with E-state index in [4.69, 9.17) is 9.47 Å². The number of hydrogen-bond acceptors (Lipinski definition) is 4. The molecule has 0 fully saturated rings. The molecule has 0 N–H and O–H groups in total. The van der Waals surface area contributed by atoms with Crippen LogP contribution >= 0.6 is 0 Å². The molecule has 1 aromatic carbocycles. The maximum Gasteiger partial charge on any atom is 0.174 e. The molecule has 2 heterocycles. The van der Waals surface area contributed by atoms with E-state index in [1.54, 1.807) is 18.2 Å². The number of ether oxygens (including phenoxy) is 2. The molecule has 0 amide bonds. The van der Waals surface area contributed by atoms with Crippen LogP contribution in [0.5, 0.6) is 5.75 Å². The first-order valence-electron chi connectivity index (χ1n) is 6.16. The molecule has 5 nitrogen and oxygen atoms in total. The summed E-state index contributed by atoms with van der Waals surface area (Å²) in [6.07, 6.45) is -0.365. The van der Waals surface area contributed by atoms with Crippen LogP contribution in [0.25, 0.3) is 0 Å². The standard InChI is InChI=1S/C13H14FN3O2/c1-9(19-11-5-3-2-4-10(11)14)13-16-15-12-8-18-7-6-17(12)13/h2-5,9H,6-8H2,1H3. The monoisotopic (exact) mass is 263 g/mol. The third kappa shape index (κ3) is 2.31. The summed E-state index contributed by atoms with van der Waals surface area (Å²) in [5.74, 6) is 1.32. The molecule has 0 saturated heterocycles. The second-order valence-corrected chi connectivity index (χ2v) is 4.37. The van der Waals surface area contributed by atoms with E-state index in [1.807, 2.05) is 11.5 Å². The minimum atomic E-state index is -0.379. The van der Waals surface area contributed by atoms with Crippen LogP contribution in [0.1, 0.15) is 24.7 Å². The number of para-hydroxylation sites is 1. The molecular weight excluding hydrogens is 249 g/mol. The summed E-state index contributed by atoms with van der Waals surface area (Å²) in [5, 5.41) is 8.17. The average molecular weight is 263 g/mol. The van der Waals surface area contributed by atoms with E-state index < -0.39 is 0 Å². The molecule has 6 heteroatoms. The van der Waals surface area contributed by atoms with Crippen LogP contribution in [0.15, 0.2) is 24.3 Å². The Balaban J connectivity index is 1.83. The van der Waals surface area contributed by atoms with E-state index in [1.165, 1.54) is 6.07 Å². The SMILES string of the molecule is CC(Oc1ccccc1F)c1nnc2n1CCOC2. The summed E-state index contributed by atoms with van der Waals surface area (Å²) < 4.78 is 26.4. The molecule has 1 unspecified atom stereocenters. The third-order valence-corrected chi connectivity index (χ3v) is 3.05. The highest BCUT2D eigenvalue weighted by atomic mass is 19.1. The molecule has 2 aromatic rings. The summed E-state index contributed by atoms with van der Waals surface area (Å²) in [7, 11) is 0.